The van der Waals surface area contributed by atoms with E-state index < -0.39 is 0 Å². The van der Waals surface area contributed by atoms with Gasteiger partial charge in [-0.05, 0) is 42.9 Å². The molecule has 0 heterocycles. The van der Waals surface area contributed by atoms with E-state index in [1.165, 1.54) is 6.42 Å². The van der Waals surface area contributed by atoms with Gasteiger partial charge in [-0.25, -0.2) is 0 Å². The Morgan fingerprint density at radius 3 is 2.50 bits per heavy atom. The summed E-state index contributed by atoms with van der Waals surface area (Å²) in [5.74, 6) is 2.05. The van der Waals surface area contributed by atoms with Crippen LogP contribution in [-0.2, 0) is 4.79 Å². The number of ketones is 1. The largest absolute Gasteiger partial charge is 0.494 e. The Morgan fingerprint density at radius 2 is 1.90 bits per heavy atom. The Kier molecular flexibility index (Phi) is 5.63. The first kappa shape index (κ1) is 15.1. The molecule has 1 aliphatic rings. The van der Waals surface area contributed by atoms with E-state index in [1.54, 1.807) is 0 Å². The number of benzene rings is 1. The number of hydrogen-bond donors (Lipinski definition) is 0. The Hall–Kier alpha value is -1.31. The van der Waals surface area contributed by atoms with E-state index in [1.807, 2.05) is 12.1 Å². The normalized spacial score (nSPS) is 22.8. The van der Waals surface area contributed by atoms with Crippen LogP contribution in [0.25, 0.3) is 0 Å². The second-order valence-electron chi connectivity index (χ2n) is 5.85. The van der Waals surface area contributed by atoms with Gasteiger partial charge in [-0.1, -0.05) is 38.8 Å². The highest BCUT2D eigenvalue weighted by molar-refractivity contribution is 5.86. The van der Waals surface area contributed by atoms with Crippen LogP contribution in [-0.4, -0.2) is 12.4 Å². The number of rotatable bonds is 6. The second-order valence-corrected chi connectivity index (χ2v) is 5.85. The SMILES string of the molecule is CCCCOc1ccc(C2CCC(CC)CC2=O)cc1. The maximum atomic E-state index is 12.2. The van der Waals surface area contributed by atoms with E-state index in [-0.39, 0.29) is 5.92 Å². The Morgan fingerprint density at radius 1 is 1.15 bits per heavy atom. The number of ether oxygens (including phenoxy) is 1. The fourth-order valence-electron chi connectivity index (χ4n) is 2.92. The van der Waals surface area contributed by atoms with Gasteiger partial charge in [0.25, 0.3) is 0 Å². The van der Waals surface area contributed by atoms with Crippen molar-refractivity contribution in [1.29, 1.82) is 0 Å². The lowest BCUT2D eigenvalue weighted by molar-refractivity contribution is -0.123. The molecule has 0 spiro atoms. The van der Waals surface area contributed by atoms with E-state index in [0.29, 0.717) is 11.7 Å². The summed E-state index contributed by atoms with van der Waals surface area (Å²) >= 11 is 0. The maximum Gasteiger partial charge on any atom is 0.140 e. The van der Waals surface area contributed by atoms with E-state index in [4.69, 9.17) is 4.74 Å². The van der Waals surface area contributed by atoms with Gasteiger partial charge in [0.2, 0.25) is 0 Å². The van der Waals surface area contributed by atoms with Crippen molar-refractivity contribution in [3.8, 4) is 5.75 Å². The molecule has 0 aliphatic heterocycles. The summed E-state index contributed by atoms with van der Waals surface area (Å²) in [6, 6.07) is 8.14. The standard InChI is InChI=1S/C18H26O2/c1-3-5-12-20-16-9-7-15(8-10-16)17-11-6-14(4-2)13-18(17)19/h7-10,14,17H,3-6,11-13H2,1-2H3. The second kappa shape index (κ2) is 7.47. The molecule has 110 valence electrons. The van der Waals surface area contributed by atoms with Crippen molar-refractivity contribution in [1.82, 2.24) is 0 Å². The highest BCUT2D eigenvalue weighted by atomic mass is 16.5. The zero-order valence-corrected chi connectivity index (χ0v) is 12.7. The van der Waals surface area contributed by atoms with Crippen LogP contribution in [0, 0.1) is 5.92 Å². The van der Waals surface area contributed by atoms with Gasteiger partial charge in [-0.15, -0.1) is 0 Å². The van der Waals surface area contributed by atoms with E-state index >= 15 is 0 Å². The zero-order valence-electron chi connectivity index (χ0n) is 12.7. The van der Waals surface area contributed by atoms with Crippen molar-refractivity contribution in [2.45, 2.75) is 58.3 Å². The number of carbonyl (C=O) groups is 1. The van der Waals surface area contributed by atoms with Crippen molar-refractivity contribution in [2.75, 3.05) is 6.61 Å². The third-order valence-electron chi connectivity index (χ3n) is 4.37. The van der Waals surface area contributed by atoms with Crippen LogP contribution < -0.4 is 4.74 Å². The molecule has 1 aromatic rings. The van der Waals surface area contributed by atoms with Crippen LogP contribution in [0.1, 0.15) is 63.9 Å². The molecule has 0 N–H and O–H groups in total. The predicted octanol–water partition coefficient (Wildman–Crippen LogP) is 4.73. The van der Waals surface area contributed by atoms with E-state index in [9.17, 15) is 4.79 Å². The molecule has 1 fully saturated rings. The summed E-state index contributed by atoms with van der Waals surface area (Å²) in [4.78, 5) is 12.2. The lowest BCUT2D eigenvalue weighted by Crippen LogP contribution is -2.23. The van der Waals surface area contributed by atoms with Crippen LogP contribution in [0.15, 0.2) is 24.3 Å². The van der Waals surface area contributed by atoms with Crippen molar-refractivity contribution in [3.63, 3.8) is 0 Å². The zero-order chi connectivity index (χ0) is 14.4. The summed E-state index contributed by atoms with van der Waals surface area (Å²) in [5, 5.41) is 0. The maximum absolute atomic E-state index is 12.2. The smallest absolute Gasteiger partial charge is 0.140 e. The topological polar surface area (TPSA) is 26.3 Å². The highest BCUT2D eigenvalue weighted by Crippen LogP contribution is 2.34. The third-order valence-corrected chi connectivity index (χ3v) is 4.37. The number of hydrogen-bond acceptors (Lipinski definition) is 2. The molecule has 0 aromatic heterocycles. The fraction of sp³-hybridized carbons (Fsp3) is 0.611. The molecule has 1 aliphatic carbocycles. The third kappa shape index (κ3) is 3.84. The number of Topliss-reactive ketones (excluding diaryl/α,β-unsaturated/α-hetero) is 1. The van der Waals surface area contributed by atoms with Gasteiger partial charge in [0, 0.05) is 12.3 Å². The molecule has 20 heavy (non-hydrogen) atoms. The van der Waals surface area contributed by atoms with Gasteiger partial charge in [0.1, 0.15) is 11.5 Å². The Bertz CT molecular complexity index is 422. The van der Waals surface area contributed by atoms with Gasteiger partial charge in [0.15, 0.2) is 0 Å². The first-order chi connectivity index (χ1) is 9.74. The molecular formula is C18H26O2. The molecule has 2 nitrogen and oxygen atoms in total. The molecule has 2 rings (SSSR count). The van der Waals surface area contributed by atoms with Gasteiger partial charge in [-0.2, -0.15) is 0 Å². The molecule has 1 aromatic carbocycles. The molecule has 0 amide bonds. The molecule has 0 bridgehead atoms. The Labute approximate surface area is 122 Å². The molecule has 1 saturated carbocycles. The van der Waals surface area contributed by atoms with Crippen LogP contribution in [0.5, 0.6) is 5.75 Å². The molecule has 2 unspecified atom stereocenters. The van der Waals surface area contributed by atoms with Crippen molar-refractivity contribution >= 4 is 5.78 Å². The van der Waals surface area contributed by atoms with Crippen molar-refractivity contribution in [2.24, 2.45) is 5.92 Å². The number of carbonyl (C=O) groups excluding carboxylic acids is 1. The average molecular weight is 274 g/mol. The van der Waals surface area contributed by atoms with Gasteiger partial charge in [0.05, 0.1) is 6.61 Å². The van der Waals surface area contributed by atoms with Gasteiger partial charge in [-0.3, -0.25) is 4.79 Å². The highest BCUT2D eigenvalue weighted by Gasteiger charge is 2.28. The van der Waals surface area contributed by atoms with Crippen LogP contribution in [0.3, 0.4) is 0 Å². The summed E-state index contributed by atoms with van der Waals surface area (Å²) in [6.07, 6.45) is 6.31. The van der Waals surface area contributed by atoms with Crippen LogP contribution in [0.4, 0.5) is 0 Å². The summed E-state index contributed by atoms with van der Waals surface area (Å²) in [5.41, 5.74) is 1.16. The van der Waals surface area contributed by atoms with Crippen LogP contribution >= 0.6 is 0 Å². The van der Waals surface area contributed by atoms with Gasteiger partial charge >= 0.3 is 0 Å². The lowest BCUT2D eigenvalue weighted by Gasteiger charge is -2.27. The van der Waals surface area contributed by atoms with Crippen molar-refractivity contribution in [3.05, 3.63) is 29.8 Å². The summed E-state index contributed by atoms with van der Waals surface area (Å²) in [6.45, 7) is 5.11. The monoisotopic (exact) mass is 274 g/mol. The quantitative estimate of drug-likeness (QED) is 0.701. The van der Waals surface area contributed by atoms with Crippen molar-refractivity contribution < 1.29 is 9.53 Å². The van der Waals surface area contributed by atoms with E-state index in [2.05, 4.69) is 26.0 Å². The van der Waals surface area contributed by atoms with Gasteiger partial charge < -0.3 is 4.74 Å². The minimum Gasteiger partial charge on any atom is -0.494 e. The first-order valence-corrected chi connectivity index (χ1v) is 8.00. The molecular weight excluding hydrogens is 248 g/mol. The summed E-state index contributed by atoms with van der Waals surface area (Å²) in [7, 11) is 0. The Balaban J connectivity index is 1.94. The first-order valence-electron chi connectivity index (χ1n) is 8.00. The molecule has 2 heteroatoms. The molecule has 0 saturated heterocycles. The number of unbranched alkanes of at least 4 members (excludes halogenated alkanes) is 1. The predicted molar refractivity (Wildman–Crippen MR) is 82.2 cm³/mol. The minimum absolute atomic E-state index is 0.113. The lowest BCUT2D eigenvalue weighted by atomic mass is 9.77. The molecule has 2 atom stereocenters. The van der Waals surface area contributed by atoms with Crippen LogP contribution in [0.2, 0.25) is 0 Å². The minimum atomic E-state index is 0.113. The summed E-state index contributed by atoms with van der Waals surface area (Å²) < 4.78 is 5.67. The average Bonchev–Trinajstić information content (AvgIpc) is 2.48. The molecule has 0 radical (unpaired) electrons. The van der Waals surface area contributed by atoms with E-state index in [0.717, 1.165) is 50.0 Å². The fourth-order valence-corrected chi connectivity index (χ4v) is 2.92.